The fourth-order valence-electron chi connectivity index (χ4n) is 2.26. The summed E-state index contributed by atoms with van der Waals surface area (Å²) >= 11 is 1.70. The molecule has 0 aromatic carbocycles. The molecule has 4 nitrogen and oxygen atoms in total. The van der Waals surface area contributed by atoms with Crippen LogP contribution in [0, 0.1) is 13.8 Å². The molecular weight excluding hydrogens is 284 g/mol. The lowest BCUT2D eigenvalue weighted by Crippen LogP contribution is -2.14. The van der Waals surface area contributed by atoms with E-state index in [9.17, 15) is 0 Å². The predicted octanol–water partition coefficient (Wildman–Crippen LogP) is 3.36. The first-order valence-electron chi connectivity index (χ1n) is 7.50. The van der Waals surface area contributed by atoms with Crippen LogP contribution in [0.4, 0.5) is 0 Å². The summed E-state index contributed by atoms with van der Waals surface area (Å²) in [6.45, 7) is 6.23. The quantitative estimate of drug-likeness (QED) is 0.760. The molecule has 1 N–H and O–H groups in total. The van der Waals surface area contributed by atoms with Crippen molar-refractivity contribution in [2.24, 2.45) is 0 Å². The number of ether oxygens (including phenoxy) is 1. The van der Waals surface area contributed by atoms with Gasteiger partial charge in [-0.25, -0.2) is 4.98 Å². The van der Waals surface area contributed by atoms with Crippen LogP contribution in [0.25, 0.3) is 0 Å². The van der Waals surface area contributed by atoms with E-state index >= 15 is 0 Å². The summed E-state index contributed by atoms with van der Waals surface area (Å²) in [5.41, 5.74) is 4.17. The average molecular weight is 306 g/mol. The minimum Gasteiger partial charge on any atom is -0.465 e. The molecule has 0 aliphatic heterocycles. The molecule has 2 heterocycles. The van der Waals surface area contributed by atoms with E-state index < -0.39 is 0 Å². The molecule has 2 aromatic heterocycles. The Hall–Kier alpha value is -1.17. The van der Waals surface area contributed by atoms with Gasteiger partial charge in [0.1, 0.15) is 11.5 Å². The number of hydrogen-bond donors (Lipinski definition) is 1. The highest BCUT2D eigenvalue weighted by atomic mass is 32.1. The number of thiazole rings is 1. The molecule has 2 aromatic rings. The smallest absolute Gasteiger partial charge is 0.118 e. The van der Waals surface area contributed by atoms with E-state index in [-0.39, 0.29) is 0 Å². The Morgan fingerprint density at radius 2 is 2.29 bits per heavy atom. The lowest BCUT2D eigenvalue weighted by Gasteiger charge is -2.02. The molecular formula is C16H22N2O2S. The van der Waals surface area contributed by atoms with E-state index in [0.29, 0.717) is 12.6 Å². The molecule has 1 fully saturated rings. The first kappa shape index (κ1) is 14.8. The Kier molecular flexibility index (Phi) is 4.73. The summed E-state index contributed by atoms with van der Waals surface area (Å²) < 4.78 is 11.5. The Morgan fingerprint density at radius 1 is 1.43 bits per heavy atom. The van der Waals surface area contributed by atoms with Gasteiger partial charge in [0.15, 0.2) is 0 Å². The summed E-state index contributed by atoms with van der Waals surface area (Å²) in [6.07, 6.45) is 3.53. The van der Waals surface area contributed by atoms with Crippen LogP contribution in [0.3, 0.4) is 0 Å². The van der Waals surface area contributed by atoms with Gasteiger partial charge in [0.2, 0.25) is 0 Å². The van der Waals surface area contributed by atoms with Crippen LogP contribution in [0.15, 0.2) is 16.0 Å². The Labute approximate surface area is 129 Å². The molecule has 21 heavy (non-hydrogen) atoms. The van der Waals surface area contributed by atoms with Gasteiger partial charge in [0.05, 0.1) is 31.0 Å². The van der Waals surface area contributed by atoms with E-state index in [0.717, 1.165) is 42.4 Å². The van der Waals surface area contributed by atoms with Gasteiger partial charge in [-0.3, -0.25) is 0 Å². The number of nitrogens with zero attached hydrogens (tertiary/aromatic N) is 1. The van der Waals surface area contributed by atoms with Crippen molar-refractivity contribution in [3.8, 4) is 0 Å². The van der Waals surface area contributed by atoms with Crippen molar-refractivity contribution in [1.82, 2.24) is 10.3 Å². The highest BCUT2D eigenvalue weighted by Gasteiger charge is 2.20. The molecule has 0 unspecified atom stereocenters. The largest absolute Gasteiger partial charge is 0.465 e. The van der Waals surface area contributed by atoms with Crippen molar-refractivity contribution in [1.29, 1.82) is 0 Å². The number of aromatic nitrogens is 1. The summed E-state index contributed by atoms with van der Waals surface area (Å²) in [5.74, 6) is 1.98. The minimum atomic E-state index is 0.622. The maximum Gasteiger partial charge on any atom is 0.118 e. The lowest BCUT2D eigenvalue weighted by atomic mass is 10.2. The van der Waals surface area contributed by atoms with Crippen molar-refractivity contribution in [3.05, 3.63) is 39.2 Å². The molecule has 0 radical (unpaired) electrons. The number of rotatable bonds is 8. The van der Waals surface area contributed by atoms with Gasteiger partial charge < -0.3 is 14.5 Å². The summed E-state index contributed by atoms with van der Waals surface area (Å²) in [5, 5.41) is 3.47. The van der Waals surface area contributed by atoms with Crippen LogP contribution < -0.4 is 5.32 Å². The molecule has 1 aliphatic rings. The number of aryl methyl sites for hydroxylation is 2. The van der Waals surface area contributed by atoms with Gasteiger partial charge in [-0.1, -0.05) is 0 Å². The zero-order valence-electron chi connectivity index (χ0n) is 12.6. The van der Waals surface area contributed by atoms with Crippen molar-refractivity contribution in [2.45, 2.75) is 52.3 Å². The lowest BCUT2D eigenvalue weighted by molar-refractivity contribution is 0.123. The molecule has 0 bridgehead atoms. The van der Waals surface area contributed by atoms with Crippen molar-refractivity contribution in [3.63, 3.8) is 0 Å². The number of nitrogens with one attached hydrogen (secondary N) is 1. The summed E-state index contributed by atoms with van der Waals surface area (Å²) in [6, 6.07) is 2.82. The SMILES string of the molecule is Cc1ncsc1CCOCc1cc(CNC2CC2)oc1C. The zero-order valence-corrected chi connectivity index (χ0v) is 13.5. The molecule has 1 aliphatic carbocycles. The highest BCUT2D eigenvalue weighted by Crippen LogP contribution is 2.21. The molecule has 0 spiro atoms. The molecule has 0 saturated heterocycles. The normalized spacial score (nSPS) is 14.8. The molecule has 5 heteroatoms. The van der Waals surface area contributed by atoms with Gasteiger partial charge >= 0.3 is 0 Å². The van der Waals surface area contributed by atoms with Gasteiger partial charge in [0, 0.05) is 22.9 Å². The first-order chi connectivity index (χ1) is 10.2. The van der Waals surface area contributed by atoms with Crippen LogP contribution in [0.1, 0.15) is 40.5 Å². The van der Waals surface area contributed by atoms with Crippen LogP contribution in [0.5, 0.6) is 0 Å². The second kappa shape index (κ2) is 6.73. The van der Waals surface area contributed by atoms with Gasteiger partial charge in [-0.15, -0.1) is 11.3 Å². The third-order valence-corrected chi connectivity index (χ3v) is 4.78. The van der Waals surface area contributed by atoms with Gasteiger partial charge in [0.25, 0.3) is 0 Å². The fraction of sp³-hybridized carbons (Fsp3) is 0.562. The first-order valence-corrected chi connectivity index (χ1v) is 8.38. The zero-order chi connectivity index (χ0) is 14.7. The molecule has 0 atom stereocenters. The Bertz CT molecular complexity index is 587. The maximum absolute atomic E-state index is 5.78. The fourth-order valence-corrected chi connectivity index (χ4v) is 3.03. The van der Waals surface area contributed by atoms with Crippen molar-refractivity contribution < 1.29 is 9.15 Å². The average Bonchev–Trinajstić information content (AvgIpc) is 3.11. The molecule has 1 saturated carbocycles. The summed E-state index contributed by atoms with van der Waals surface area (Å²) in [4.78, 5) is 5.56. The Morgan fingerprint density at radius 3 is 3.00 bits per heavy atom. The van der Waals surface area contributed by atoms with Crippen molar-refractivity contribution in [2.75, 3.05) is 6.61 Å². The highest BCUT2D eigenvalue weighted by molar-refractivity contribution is 7.09. The monoisotopic (exact) mass is 306 g/mol. The number of furan rings is 1. The summed E-state index contributed by atoms with van der Waals surface area (Å²) in [7, 11) is 0. The predicted molar refractivity (Wildman–Crippen MR) is 83.5 cm³/mol. The van der Waals surface area contributed by atoms with Crippen LogP contribution in [-0.2, 0) is 24.3 Å². The second-order valence-electron chi connectivity index (χ2n) is 5.61. The molecule has 114 valence electrons. The van der Waals surface area contributed by atoms with Crippen molar-refractivity contribution >= 4 is 11.3 Å². The van der Waals surface area contributed by atoms with E-state index in [1.807, 2.05) is 19.4 Å². The van der Waals surface area contributed by atoms with Gasteiger partial charge in [-0.05, 0) is 32.8 Å². The molecule has 0 amide bonds. The third-order valence-electron chi connectivity index (χ3n) is 3.79. The van der Waals surface area contributed by atoms with Crippen LogP contribution >= 0.6 is 11.3 Å². The van der Waals surface area contributed by atoms with E-state index in [1.54, 1.807) is 11.3 Å². The van der Waals surface area contributed by atoms with Crippen LogP contribution in [0.2, 0.25) is 0 Å². The second-order valence-corrected chi connectivity index (χ2v) is 6.55. The van der Waals surface area contributed by atoms with Crippen LogP contribution in [-0.4, -0.2) is 17.6 Å². The minimum absolute atomic E-state index is 0.622. The molecule has 3 rings (SSSR count). The Balaban J connectivity index is 1.42. The van der Waals surface area contributed by atoms with Gasteiger partial charge in [-0.2, -0.15) is 0 Å². The van der Waals surface area contributed by atoms with E-state index in [4.69, 9.17) is 9.15 Å². The topological polar surface area (TPSA) is 47.3 Å². The van der Waals surface area contributed by atoms with E-state index in [2.05, 4.69) is 16.4 Å². The van der Waals surface area contributed by atoms with E-state index in [1.165, 1.54) is 17.7 Å². The maximum atomic E-state index is 5.78. The standard InChI is InChI=1S/C16H22N2O2S/c1-11-16(21-10-18-11)5-6-19-9-13-7-15(20-12(13)2)8-17-14-3-4-14/h7,10,14,17H,3-6,8-9H2,1-2H3. The third kappa shape index (κ3) is 4.15. The number of hydrogen-bond acceptors (Lipinski definition) is 5.